The Balaban J connectivity index is 1.49. The van der Waals surface area contributed by atoms with Crippen molar-refractivity contribution in [1.82, 2.24) is 14.9 Å². The zero-order valence-corrected chi connectivity index (χ0v) is 17.7. The molecule has 1 saturated heterocycles. The molecule has 0 bridgehead atoms. The van der Waals surface area contributed by atoms with Crippen molar-refractivity contribution in [3.8, 4) is 0 Å². The maximum Gasteiger partial charge on any atom is 0.262 e. The fourth-order valence-corrected chi connectivity index (χ4v) is 5.03. The van der Waals surface area contributed by atoms with Gasteiger partial charge in [-0.25, -0.2) is 4.98 Å². The molecular weight excluding hydrogens is 386 g/mol. The smallest absolute Gasteiger partial charge is 0.262 e. The van der Waals surface area contributed by atoms with Crippen LogP contribution in [0.4, 0.5) is 0 Å². The summed E-state index contributed by atoms with van der Waals surface area (Å²) in [5.74, 6) is 1.04. The minimum absolute atomic E-state index is 0.0145. The van der Waals surface area contributed by atoms with Crippen LogP contribution in [0.15, 0.2) is 34.2 Å². The second kappa shape index (κ2) is 9.30. The molecule has 0 spiro atoms. The van der Waals surface area contributed by atoms with Gasteiger partial charge in [-0.15, -0.1) is 0 Å². The summed E-state index contributed by atoms with van der Waals surface area (Å²) >= 11 is 1.34. The summed E-state index contributed by atoms with van der Waals surface area (Å²) in [6.45, 7) is 3.50. The Labute approximate surface area is 175 Å². The van der Waals surface area contributed by atoms with E-state index in [4.69, 9.17) is 9.72 Å². The third kappa shape index (κ3) is 5.01. The minimum atomic E-state index is -0.0599. The van der Waals surface area contributed by atoms with E-state index in [1.165, 1.54) is 24.6 Å². The third-order valence-electron chi connectivity index (χ3n) is 5.95. The number of carbonyl (C=O) groups is 1. The van der Waals surface area contributed by atoms with E-state index in [1.807, 2.05) is 24.3 Å². The average Bonchev–Trinajstić information content (AvgIpc) is 3.24. The van der Waals surface area contributed by atoms with Crippen LogP contribution >= 0.6 is 11.8 Å². The molecule has 1 aliphatic carbocycles. The van der Waals surface area contributed by atoms with Gasteiger partial charge in [-0.2, -0.15) is 0 Å². The molecular formula is C22H29N3O3S. The first-order valence-corrected chi connectivity index (χ1v) is 11.6. The number of fused-ring (bicyclic) bond motifs is 1. The number of aromatic nitrogens is 2. The zero-order valence-electron chi connectivity index (χ0n) is 16.9. The Morgan fingerprint density at radius 2 is 2.03 bits per heavy atom. The predicted molar refractivity (Wildman–Crippen MR) is 115 cm³/mol. The number of amides is 1. The molecule has 0 radical (unpaired) electrons. The van der Waals surface area contributed by atoms with E-state index in [1.54, 1.807) is 4.57 Å². The Hall–Kier alpha value is -1.86. The van der Waals surface area contributed by atoms with Crippen LogP contribution < -0.4 is 10.9 Å². The van der Waals surface area contributed by atoms with Crippen molar-refractivity contribution in [2.24, 2.45) is 5.92 Å². The molecule has 2 fully saturated rings. The number of hydrogen-bond acceptors (Lipinski definition) is 5. The molecule has 7 heteroatoms. The maximum atomic E-state index is 13.1. The number of nitrogens with one attached hydrogen (secondary N) is 1. The molecule has 1 amide bonds. The number of carbonyl (C=O) groups excluding carboxylic acids is 1. The van der Waals surface area contributed by atoms with Crippen LogP contribution in [0.3, 0.4) is 0 Å². The summed E-state index contributed by atoms with van der Waals surface area (Å²) in [6, 6.07) is 7.66. The summed E-state index contributed by atoms with van der Waals surface area (Å²) in [6.07, 6.45) is 6.45. The molecule has 1 atom stereocenters. The number of rotatable bonds is 6. The van der Waals surface area contributed by atoms with Crippen LogP contribution in [0.1, 0.15) is 45.4 Å². The molecule has 4 rings (SSSR count). The summed E-state index contributed by atoms with van der Waals surface area (Å²) in [5, 5.41) is 4.36. The molecule has 6 nitrogen and oxygen atoms in total. The van der Waals surface area contributed by atoms with Crippen molar-refractivity contribution >= 4 is 28.6 Å². The highest BCUT2D eigenvalue weighted by molar-refractivity contribution is 7.99. The summed E-state index contributed by atoms with van der Waals surface area (Å²) in [5.41, 5.74) is 0.612. The molecule has 1 aliphatic heterocycles. The SMILES string of the molecule is CC1CCC(NC(=O)CSc2nc3ccccc3c(=O)n2CC2CCCO2)CC1. The number of para-hydroxylation sites is 1. The molecule has 2 aliphatic rings. The van der Waals surface area contributed by atoms with Crippen molar-refractivity contribution in [1.29, 1.82) is 0 Å². The fourth-order valence-electron chi connectivity index (χ4n) is 4.21. The average molecular weight is 416 g/mol. The van der Waals surface area contributed by atoms with Gasteiger partial charge in [0.2, 0.25) is 5.91 Å². The lowest BCUT2D eigenvalue weighted by Crippen LogP contribution is -2.38. The quantitative estimate of drug-likeness (QED) is 0.578. The van der Waals surface area contributed by atoms with Crippen LogP contribution in [-0.4, -0.2) is 40.0 Å². The van der Waals surface area contributed by atoms with Crippen molar-refractivity contribution < 1.29 is 9.53 Å². The van der Waals surface area contributed by atoms with E-state index in [-0.39, 0.29) is 29.4 Å². The highest BCUT2D eigenvalue weighted by Gasteiger charge is 2.22. The number of nitrogens with zero attached hydrogens (tertiary/aromatic N) is 2. The van der Waals surface area contributed by atoms with E-state index >= 15 is 0 Å². The largest absolute Gasteiger partial charge is 0.376 e. The summed E-state index contributed by atoms with van der Waals surface area (Å²) in [7, 11) is 0. The Bertz CT molecular complexity index is 915. The molecule has 29 heavy (non-hydrogen) atoms. The number of benzene rings is 1. The van der Waals surface area contributed by atoms with E-state index < -0.39 is 0 Å². The van der Waals surface area contributed by atoms with E-state index in [2.05, 4.69) is 12.2 Å². The monoisotopic (exact) mass is 415 g/mol. The third-order valence-corrected chi connectivity index (χ3v) is 6.93. The summed E-state index contributed by atoms with van der Waals surface area (Å²) < 4.78 is 7.43. The van der Waals surface area contributed by atoms with Crippen molar-refractivity contribution in [3.05, 3.63) is 34.6 Å². The molecule has 1 aromatic heterocycles. The molecule has 1 N–H and O–H groups in total. The highest BCUT2D eigenvalue weighted by atomic mass is 32.2. The maximum absolute atomic E-state index is 13.1. The highest BCUT2D eigenvalue weighted by Crippen LogP contribution is 2.24. The van der Waals surface area contributed by atoms with E-state index in [9.17, 15) is 9.59 Å². The Kier molecular flexibility index (Phi) is 6.55. The van der Waals surface area contributed by atoms with Crippen molar-refractivity contribution in [2.45, 2.75) is 69.3 Å². The van der Waals surface area contributed by atoms with Gasteiger partial charge in [0, 0.05) is 12.6 Å². The molecule has 1 saturated carbocycles. The fraction of sp³-hybridized carbons (Fsp3) is 0.591. The topological polar surface area (TPSA) is 73.2 Å². The van der Waals surface area contributed by atoms with Gasteiger partial charge < -0.3 is 10.1 Å². The number of ether oxygens (including phenoxy) is 1. The Morgan fingerprint density at radius 1 is 1.24 bits per heavy atom. The predicted octanol–water partition coefficient (Wildman–Crippen LogP) is 3.36. The molecule has 1 aromatic carbocycles. The Morgan fingerprint density at radius 3 is 2.79 bits per heavy atom. The number of hydrogen-bond donors (Lipinski definition) is 1. The minimum Gasteiger partial charge on any atom is -0.376 e. The van der Waals surface area contributed by atoms with Crippen LogP contribution in [0.25, 0.3) is 10.9 Å². The van der Waals surface area contributed by atoms with Gasteiger partial charge in [0.1, 0.15) is 0 Å². The summed E-state index contributed by atoms with van der Waals surface area (Å²) in [4.78, 5) is 30.3. The lowest BCUT2D eigenvalue weighted by Gasteiger charge is -2.26. The van der Waals surface area contributed by atoms with E-state index in [0.29, 0.717) is 22.6 Å². The molecule has 2 heterocycles. The first-order valence-electron chi connectivity index (χ1n) is 10.6. The van der Waals surface area contributed by atoms with Crippen LogP contribution in [0.2, 0.25) is 0 Å². The standard InChI is InChI=1S/C22H29N3O3S/c1-15-8-10-16(11-9-15)23-20(26)14-29-22-24-19-7-3-2-6-18(19)21(27)25(22)13-17-5-4-12-28-17/h2-3,6-7,15-17H,4-5,8-14H2,1H3,(H,23,26). The second-order valence-electron chi connectivity index (χ2n) is 8.28. The van der Waals surface area contributed by atoms with Gasteiger partial charge in [-0.3, -0.25) is 14.2 Å². The van der Waals surface area contributed by atoms with Gasteiger partial charge in [0.05, 0.1) is 29.3 Å². The van der Waals surface area contributed by atoms with Crippen molar-refractivity contribution in [2.75, 3.05) is 12.4 Å². The van der Waals surface area contributed by atoms with Crippen LogP contribution in [0.5, 0.6) is 0 Å². The van der Waals surface area contributed by atoms with Gasteiger partial charge in [-0.05, 0) is 56.6 Å². The van der Waals surface area contributed by atoms with Crippen LogP contribution in [0, 0.1) is 5.92 Å². The normalized spacial score (nSPS) is 24.7. The second-order valence-corrected chi connectivity index (χ2v) is 9.22. The number of thioether (sulfide) groups is 1. The molecule has 1 unspecified atom stereocenters. The van der Waals surface area contributed by atoms with Crippen molar-refractivity contribution in [3.63, 3.8) is 0 Å². The lowest BCUT2D eigenvalue weighted by atomic mass is 9.87. The van der Waals surface area contributed by atoms with Gasteiger partial charge in [0.15, 0.2) is 5.16 Å². The van der Waals surface area contributed by atoms with E-state index in [0.717, 1.165) is 38.2 Å². The molecule has 156 valence electrons. The lowest BCUT2D eigenvalue weighted by molar-refractivity contribution is -0.119. The first kappa shape index (κ1) is 20.4. The van der Waals surface area contributed by atoms with Crippen LogP contribution in [-0.2, 0) is 16.1 Å². The van der Waals surface area contributed by atoms with Gasteiger partial charge in [-0.1, -0.05) is 30.8 Å². The first-order chi connectivity index (χ1) is 14.1. The van der Waals surface area contributed by atoms with Gasteiger partial charge in [0.25, 0.3) is 5.56 Å². The molecule has 2 aromatic rings. The zero-order chi connectivity index (χ0) is 20.2. The van der Waals surface area contributed by atoms with Gasteiger partial charge >= 0.3 is 0 Å².